The summed E-state index contributed by atoms with van der Waals surface area (Å²) in [6, 6.07) is 17.7. The lowest BCUT2D eigenvalue weighted by atomic mass is 9.96. The minimum absolute atomic E-state index is 0.0757. The number of benzene rings is 2. The highest BCUT2D eigenvalue weighted by Crippen LogP contribution is 2.21. The van der Waals surface area contributed by atoms with Gasteiger partial charge in [0.2, 0.25) is 17.6 Å². The number of thioether (sulfide) groups is 1. The topological polar surface area (TPSA) is 71.3 Å². The smallest absolute Gasteiger partial charge is 0.241 e. The summed E-state index contributed by atoms with van der Waals surface area (Å²) in [7, 11) is 0. The highest BCUT2D eigenvalue weighted by Gasteiger charge is 2.25. The van der Waals surface area contributed by atoms with Crippen molar-refractivity contribution in [3.05, 3.63) is 71.1 Å². The van der Waals surface area contributed by atoms with Crippen LogP contribution in [0.2, 0.25) is 5.02 Å². The number of likely N-dealkylation sites (tertiary alicyclic amines) is 1. The molecule has 0 saturated carbocycles. The summed E-state index contributed by atoms with van der Waals surface area (Å²) in [4.78, 5) is 19.3. The Bertz CT molecular complexity index is 1010. The fourth-order valence-electron chi connectivity index (χ4n) is 3.78. The van der Waals surface area contributed by atoms with Crippen molar-refractivity contribution in [3.8, 4) is 11.4 Å². The number of piperidine rings is 1. The zero-order valence-corrected chi connectivity index (χ0v) is 19.4. The van der Waals surface area contributed by atoms with Crippen molar-refractivity contribution in [1.82, 2.24) is 20.4 Å². The van der Waals surface area contributed by atoms with Gasteiger partial charge in [-0.2, -0.15) is 16.7 Å². The molecule has 2 heterocycles. The van der Waals surface area contributed by atoms with Crippen molar-refractivity contribution in [1.29, 1.82) is 0 Å². The van der Waals surface area contributed by atoms with E-state index in [-0.39, 0.29) is 11.8 Å². The van der Waals surface area contributed by atoms with Crippen LogP contribution >= 0.6 is 23.4 Å². The quantitative estimate of drug-likeness (QED) is 0.459. The maximum atomic E-state index is 12.5. The molecular weight excluding hydrogens is 444 g/mol. The van der Waals surface area contributed by atoms with Gasteiger partial charge in [-0.25, -0.2) is 0 Å². The lowest BCUT2D eigenvalue weighted by Crippen LogP contribution is -2.40. The van der Waals surface area contributed by atoms with Crippen LogP contribution in [0.1, 0.15) is 24.3 Å². The molecule has 3 aromatic rings. The number of aromatic nitrogens is 2. The molecule has 1 aliphatic heterocycles. The molecule has 0 spiro atoms. The molecule has 4 rings (SSSR count). The minimum atomic E-state index is 0.0757. The van der Waals surface area contributed by atoms with Crippen molar-refractivity contribution in [2.45, 2.75) is 25.1 Å². The zero-order chi connectivity index (χ0) is 22.2. The van der Waals surface area contributed by atoms with Gasteiger partial charge in [0, 0.05) is 34.6 Å². The van der Waals surface area contributed by atoms with E-state index < -0.39 is 0 Å². The number of hydrogen-bond donors (Lipinski definition) is 1. The number of halogens is 1. The number of carbonyl (C=O) groups is 1. The van der Waals surface area contributed by atoms with Gasteiger partial charge in [0.15, 0.2) is 0 Å². The molecule has 32 heavy (non-hydrogen) atoms. The monoisotopic (exact) mass is 470 g/mol. The Labute approximate surface area is 197 Å². The van der Waals surface area contributed by atoms with Crippen LogP contribution in [0, 0.1) is 5.92 Å². The summed E-state index contributed by atoms with van der Waals surface area (Å²) in [5.74, 6) is 3.25. The summed E-state index contributed by atoms with van der Waals surface area (Å²) in [6.45, 7) is 3.01. The number of rotatable bonds is 9. The first kappa shape index (κ1) is 22.8. The van der Waals surface area contributed by atoms with E-state index in [1.54, 1.807) is 11.8 Å². The fraction of sp³-hybridized carbons (Fsp3) is 0.375. The molecule has 0 radical (unpaired) electrons. The van der Waals surface area contributed by atoms with Crippen LogP contribution in [0.5, 0.6) is 0 Å². The van der Waals surface area contributed by atoms with Crippen molar-refractivity contribution in [2.24, 2.45) is 5.92 Å². The molecule has 8 heteroatoms. The molecule has 1 N–H and O–H groups in total. The largest absolute Gasteiger partial charge is 0.355 e. The Hall–Kier alpha value is -2.35. The molecule has 1 aromatic heterocycles. The standard InChI is InChI=1S/C24H27ClN4O2S/c25-21-8-4-5-18(15-21)17-32-14-11-26-24(30)20-9-12-29(13-10-20)16-22-27-23(28-31-22)19-6-2-1-3-7-19/h1-8,15,20H,9-14,16-17H2,(H,26,30). The van der Waals surface area contributed by atoms with E-state index in [9.17, 15) is 4.79 Å². The summed E-state index contributed by atoms with van der Waals surface area (Å²) in [6.07, 6.45) is 1.70. The minimum Gasteiger partial charge on any atom is -0.355 e. The molecule has 1 amide bonds. The van der Waals surface area contributed by atoms with Crippen LogP contribution in [-0.2, 0) is 17.1 Å². The zero-order valence-electron chi connectivity index (χ0n) is 17.9. The number of nitrogens with zero attached hydrogens (tertiary/aromatic N) is 3. The first-order valence-corrected chi connectivity index (χ1v) is 12.4. The molecule has 1 fully saturated rings. The molecule has 2 aromatic carbocycles. The lowest BCUT2D eigenvalue weighted by molar-refractivity contribution is -0.126. The Balaban J connectivity index is 1.13. The van der Waals surface area contributed by atoms with Crippen LogP contribution in [0.4, 0.5) is 0 Å². The number of amides is 1. The third kappa shape index (κ3) is 6.58. The van der Waals surface area contributed by atoms with Gasteiger partial charge in [0.1, 0.15) is 0 Å². The first-order valence-electron chi connectivity index (χ1n) is 10.9. The second kappa shape index (κ2) is 11.5. The molecule has 0 atom stereocenters. The molecule has 168 valence electrons. The van der Waals surface area contributed by atoms with Gasteiger partial charge in [-0.05, 0) is 43.6 Å². The highest BCUT2D eigenvalue weighted by atomic mass is 35.5. The van der Waals surface area contributed by atoms with Crippen LogP contribution in [-0.4, -0.2) is 46.3 Å². The van der Waals surface area contributed by atoms with Crippen LogP contribution in [0.15, 0.2) is 59.1 Å². The number of nitrogens with one attached hydrogen (secondary N) is 1. The highest BCUT2D eigenvalue weighted by molar-refractivity contribution is 7.98. The average Bonchev–Trinajstić information content (AvgIpc) is 3.28. The molecule has 0 bridgehead atoms. The SMILES string of the molecule is O=C(NCCSCc1cccc(Cl)c1)C1CCN(Cc2nc(-c3ccccc3)no2)CC1. The van der Waals surface area contributed by atoms with E-state index in [0.717, 1.165) is 48.0 Å². The fourth-order valence-corrected chi connectivity index (χ4v) is 4.79. The molecular formula is C24H27ClN4O2S. The molecule has 6 nitrogen and oxygen atoms in total. The third-order valence-corrected chi connectivity index (χ3v) is 6.79. The average molecular weight is 471 g/mol. The maximum Gasteiger partial charge on any atom is 0.241 e. The van der Waals surface area contributed by atoms with Gasteiger partial charge < -0.3 is 9.84 Å². The first-order chi connectivity index (χ1) is 15.7. The van der Waals surface area contributed by atoms with Crippen molar-refractivity contribution in [3.63, 3.8) is 0 Å². The predicted octanol–water partition coefficient (Wildman–Crippen LogP) is 4.65. The van der Waals surface area contributed by atoms with Crippen molar-refractivity contribution < 1.29 is 9.32 Å². The van der Waals surface area contributed by atoms with Crippen molar-refractivity contribution >= 4 is 29.3 Å². The maximum absolute atomic E-state index is 12.5. The van der Waals surface area contributed by atoms with Crippen LogP contribution < -0.4 is 5.32 Å². The normalized spacial score (nSPS) is 15.0. The van der Waals surface area contributed by atoms with Gasteiger partial charge in [-0.3, -0.25) is 9.69 Å². The summed E-state index contributed by atoms with van der Waals surface area (Å²) in [5, 5.41) is 7.94. The Morgan fingerprint density at radius 2 is 1.97 bits per heavy atom. The predicted molar refractivity (Wildman–Crippen MR) is 128 cm³/mol. The molecule has 1 saturated heterocycles. The van der Waals surface area contributed by atoms with Gasteiger partial charge in [0.05, 0.1) is 6.54 Å². The van der Waals surface area contributed by atoms with Crippen molar-refractivity contribution in [2.75, 3.05) is 25.4 Å². The van der Waals surface area contributed by atoms with E-state index in [1.807, 2.05) is 48.5 Å². The second-order valence-corrected chi connectivity index (χ2v) is 9.44. The van der Waals surface area contributed by atoms with Crippen LogP contribution in [0.3, 0.4) is 0 Å². The van der Waals surface area contributed by atoms with Crippen LogP contribution in [0.25, 0.3) is 11.4 Å². The Morgan fingerprint density at radius 1 is 1.16 bits per heavy atom. The number of carbonyl (C=O) groups excluding carboxylic acids is 1. The van der Waals surface area contributed by atoms with Gasteiger partial charge in [-0.1, -0.05) is 59.2 Å². The van der Waals surface area contributed by atoms with E-state index in [0.29, 0.717) is 24.8 Å². The van der Waals surface area contributed by atoms with E-state index in [4.69, 9.17) is 16.1 Å². The molecule has 1 aliphatic rings. The summed E-state index contributed by atoms with van der Waals surface area (Å²) < 4.78 is 5.42. The van der Waals surface area contributed by atoms with Gasteiger partial charge in [0.25, 0.3) is 0 Å². The Kier molecular flexibility index (Phi) is 8.20. The van der Waals surface area contributed by atoms with E-state index in [1.165, 1.54) is 5.56 Å². The summed E-state index contributed by atoms with van der Waals surface area (Å²) in [5.41, 5.74) is 2.15. The molecule has 0 unspecified atom stereocenters. The lowest BCUT2D eigenvalue weighted by Gasteiger charge is -2.30. The Morgan fingerprint density at radius 3 is 2.75 bits per heavy atom. The van der Waals surface area contributed by atoms with Gasteiger partial charge >= 0.3 is 0 Å². The van der Waals surface area contributed by atoms with E-state index >= 15 is 0 Å². The summed E-state index contributed by atoms with van der Waals surface area (Å²) >= 11 is 7.81. The number of hydrogen-bond acceptors (Lipinski definition) is 6. The van der Waals surface area contributed by atoms with Gasteiger partial charge in [-0.15, -0.1) is 0 Å². The molecule has 0 aliphatic carbocycles. The third-order valence-electron chi connectivity index (χ3n) is 5.52. The second-order valence-electron chi connectivity index (χ2n) is 7.90. The van der Waals surface area contributed by atoms with E-state index in [2.05, 4.69) is 26.4 Å².